The van der Waals surface area contributed by atoms with Crippen LogP contribution in [0, 0.1) is 0 Å². The lowest BCUT2D eigenvalue weighted by Gasteiger charge is -2.20. The Morgan fingerprint density at radius 2 is 2.00 bits per heavy atom. The first-order valence-corrected chi connectivity index (χ1v) is 7.44. The SMILES string of the molecule is CCn1cc([C@@H](C)N[C@H](C)c2ccccc2Br)cn1. The monoisotopic (exact) mass is 321 g/mol. The second-order valence-electron chi connectivity index (χ2n) is 4.76. The van der Waals surface area contributed by atoms with Gasteiger partial charge in [-0.3, -0.25) is 4.68 Å². The molecular weight excluding hydrogens is 302 g/mol. The van der Waals surface area contributed by atoms with E-state index in [1.165, 1.54) is 11.1 Å². The van der Waals surface area contributed by atoms with Crippen molar-refractivity contribution in [3.63, 3.8) is 0 Å². The van der Waals surface area contributed by atoms with E-state index in [1.807, 2.05) is 16.9 Å². The van der Waals surface area contributed by atoms with Crippen molar-refractivity contribution >= 4 is 15.9 Å². The van der Waals surface area contributed by atoms with Crippen LogP contribution < -0.4 is 5.32 Å². The quantitative estimate of drug-likeness (QED) is 0.899. The van der Waals surface area contributed by atoms with Gasteiger partial charge in [0.05, 0.1) is 6.20 Å². The number of nitrogens with zero attached hydrogens (tertiary/aromatic N) is 2. The third kappa shape index (κ3) is 3.45. The molecule has 0 amide bonds. The maximum atomic E-state index is 4.32. The summed E-state index contributed by atoms with van der Waals surface area (Å²) in [6, 6.07) is 8.89. The minimum absolute atomic E-state index is 0.280. The molecule has 1 N–H and O–H groups in total. The van der Waals surface area contributed by atoms with Gasteiger partial charge in [-0.25, -0.2) is 0 Å². The minimum atomic E-state index is 0.280. The Bertz CT molecular complexity index is 536. The van der Waals surface area contributed by atoms with Gasteiger partial charge in [-0.15, -0.1) is 0 Å². The fourth-order valence-corrected chi connectivity index (χ4v) is 2.79. The third-order valence-corrected chi connectivity index (χ3v) is 4.07. The molecule has 2 rings (SSSR count). The van der Waals surface area contributed by atoms with Gasteiger partial charge in [0.25, 0.3) is 0 Å². The number of hydrogen-bond donors (Lipinski definition) is 1. The van der Waals surface area contributed by atoms with Gasteiger partial charge in [0.15, 0.2) is 0 Å². The van der Waals surface area contributed by atoms with Gasteiger partial charge in [-0.2, -0.15) is 5.10 Å². The second-order valence-corrected chi connectivity index (χ2v) is 5.62. The fourth-order valence-electron chi connectivity index (χ4n) is 2.16. The van der Waals surface area contributed by atoms with Gasteiger partial charge in [0.1, 0.15) is 0 Å². The van der Waals surface area contributed by atoms with Crippen LogP contribution >= 0.6 is 15.9 Å². The highest BCUT2D eigenvalue weighted by molar-refractivity contribution is 9.10. The van der Waals surface area contributed by atoms with E-state index in [9.17, 15) is 0 Å². The second kappa shape index (κ2) is 6.35. The third-order valence-electron chi connectivity index (χ3n) is 3.35. The predicted octanol–water partition coefficient (Wildman–Crippen LogP) is 4.08. The van der Waals surface area contributed by atoms with Crippen molar-refractivity contribution in [2.45, 2.75) is 39.4 Å². The maximum Gasteiger partial charge on any atom is 0.0537 e. The van der Waals surface area contributed by atoms with Crippen molar-refractivity contribution in [3.8, 4) is 0 Å². The molecule has 4 heteroatoms. The van der Waals surface area contributed by atoms with E-state index in [2.05, 4.69) is 71.5 Å². The summed E-state index contributed by atoms with van der Waals surface area (Å²) >= 11 is 3.60. The zero-order valence-corrected chi connectivity index (χ0v) is 13.2. The predicted molar refractivity (Wildman–Crippen MR) is 82.0 cm³/mol. The molecule has 1 aromatic heterocycles. The average Bonchev–Trinajstić information content (AvgIpc) is 2.88. The van der Waals surface area contributed by atoms with Crippen molar-refractivity contribution in [1.29, 1.82) is 0 Å². The highest BCUT2D eigenvalue weighted by atomic mass is 79.9. The topological polar surface area (TPSA) is 29.9 Å². The first-order valence-electron chi connectivity index (χ1n) is 6.64. The van der Waals surface area contributed by atoms with E-state index >= 15 is 0 Å². The molecule has 2 atom stereocenters. The number of halogens is 1. The number of rotatable bonds is 5. The van der Waals surface area contributed by atoms with Crippen LogP contribution in [0.4, 0.5) is 0 Å². The van der Waals surface area contributed by atoms with Crippen LogP contribution in [0.15, 0.2) is 41.1 Å². The average molecular weight is 322 g/mol. The molecule has 1 heterocycles. The van der Waals surface area contributed by atoms with Crippen molar-refractivity contribution in [1.82, 2.24) is 15.1 Å². The number of aromatic nitrogens is 2. The molecule has 0 aliphatic heterocycles. The molecule has 2 aromatic rings. The van der Waals surface area contributed by atoms with Gasteiger partial charge in [-0.05, 0) is 32.4 Å². The summed E-state index contributed by atoms with van der Waals surface area (Å²) < 4.78 is 3.10. The van der Waals surface area contributed by atoms with Crippen molar-refractivity contribution in [3.05, 3.63) is 52.3 Å². The van der Waals surface area contributed by atoms with E-state index < -0.39 is 0 Å². The van der Waals surface area contributed by atoms with E-state index in [1.54, 1.807) is 0 Å². The number of nitrogens with one attached hydrogen (secondary N) is 1. The summed E-state index contributed by atoms with van der Waals surface area (Å²) in [5.41, 5.74) is 2.50. The van der Waals surface area contributed by atoms with Crippen LogP contribution in [0.2, 0.25) is 0 Å². The summed E-state index contributed by atoms with van der Waals surface area (Å²) in [6.45, 7) is 7.36. The highest BCUT2D eigenvalue weighted by Crippen LogP contribution is 2.25. The van der Waals surface area contributed by atoms with E-state index in [-0.39, 0.29) is 12.1 Å². The molecule has 0 spiro atoms. The Balaban J connectivity index is 2.06. The molecule has 0 unspecified atom stereocenters. The molecule has 19 heavy (non-hydrogen) atoms. The van der Waals surface area contributed by atoms with Gasteiger partial charge in [0, 0.05) is 34.9 Å². The Hall–Kier alpha value is -1.13. The van der Waals surface area contributed by atoms with Crippen LogP contribution in [-0.4, -0.2) is 9.78 Å². The summed E-state index contributed by atoms with van der Waals surface area (Å²) in [4.78, 5) is 0. The number of benzene rings is 1. The first kappa shape index (κ1) is 14.3. The van der Waals surface area contributed by atoms with Crippen LogP contribution in [-0.2, 0) is 6.54 Å². The van der Waals surface area contributed by atoms with Gasteiger partial charge in [-0.1, -0.05) is 34.1 Å². The molecule has 1 aromatic carbocycles. The highest BCUT2D eigenvalue weighted by Gasteiger charge is 2.14. The first-order chi connectivity index (χ1) is 9.11. The van der Waals surface area contributed by atoms with E-state index in [0.29, 0.717) is 0 Å². The molecule has 0 aliphatic rings. The van der Waals surface area contributed by atoms with Crippen molar-refractivity contribution in [2.24, 2.45) is 0 Å². The zero-order chi connectivity index (χ0) is 13.8. The lowest BCUT2D eigenvalue weighted by atomic mass is 10.1. The van der Waals surface area contributed by atoms with Crippen LogP contribution in [0.1, 0.15) is 44.0 Å². The molecule has 0 fully saturated rings. The Morgan fingerprint density at radius 1 is 1.26 bits per heavy atom. The largest absolute Gasteiger partial charge is 0.303 e. The maximum absolute atomic E-state index is 4.32. The van der Waals surface area contributed by atoms with Crippen LogP contribution in [0.25, 0.3) is 0 Å². The fraction of sp³-hybridized carbons (Fsp3) is 0.400. The number of hydrogen-bond acceptors (Lipinski definition) is 2. The molecule has 0 saturated heterocycles. The van der Waals surface area contributed by atoms with Gasteiger partial charge in [0.2, 0.25) is 0 Å². The van der Waals surface area contributed by atoms with E-state index in [0.717, 1.165) is 11.0 Å². The van der Waals surface area contributed by atoms with E-state index in [4.69, 9.17) is 0 Å². The lowest BCUT2D eigenvalue weighted by molar-refractivity contribution is 0.493. The lowest BCUT2D eigenvalue weighted by Crippen LogP contribution is -2.22. The summed E-state index contributed by atoms with van der Waals surface area (Å²) in [7, 11) is 0. The summed E-state index contributed by atoms with van der Waals surface area (Å²) in [5, 5.41) is 7.93. The standard InChI is InChI=1S/C15H20BrN3/c1-4-19-10-13(9-17-19)11(2)18-12(3)14-7-5-6-8-15(14)16/h5-12,18H,4H2,1-3H3/t11-,12-/m1/s1. The minimum Gasteiger partial charge on any atom is -0.303 e. The molecular formula is C15H20BrN3. The van der Waals surface area contributed by atoms with Gasteiger partial charge >= 0.3 is 0 Å². The Kier molecular flexibility index (Phi) is 4.77. The zero-order valence-electron chi connectivity index (χ0n) is 11.6. The Labute approximate surface area is 123 Å². The number of aryl methyl sites for hydroxylation is 1. The van der Waals surface area contributed by atoms with Crippen LogP contribution in [0.3, 0.4) is 0 Å². The van der Waals surface area contributed by atoms with Crippen LogP contribution in [0.5, 0.6) is 0 Å². The molecule has 102 valence electrons. The molecule has 0 radical (unpaired) electrons. The normalized spacial score (nSPS) is 14.3. The van der Waals surface area contributed by atoms with Crippen molar-refractivity contribution in [2.75, 3.05) is 0 Å². The summed E-state index contributed by atoms with van der Waals surface area (Å²) in [5.74, 6) is 0. The van der Waals surface area contributed by atoms with Crippen molar-refractivity contribution < 1.29 is 0 Å². The van der Waals surface area contributed by atoms with Gasteiger partial charge < -0.3 is 5.32 Å². The smallest absolute Gasteiger partial charge is 0.0537 e. The molecule has 3 nitrogen and oxygen atoms in total. The summed E-state index contributed by atoms with van der Waals surface area (Å²) in [6.07, 6.45) is 4.04. The molecule has 0 saturated carbocycles. The molecule has 0 bridgehead atoms. The molecule has 0 aliphatic carbocycles. The Morgan fingerprint density at radius 3 is 2.63 bits per heavy atom.